The van der Waals surface area contributed by atoms with E-state index in [1.54, 1.807) is 0 Å². The van der Waals surface area contributed by atoms with Crippen LogP contribution < -0.4 is 0 Å². The molecule has 0 aliphatic heterocycles. The molecule has 1 atom stereocenters. The van der Waals surface area contributed by atoms with E-state index in [4.69, 9.17) is 0 Å². The molecule has 0 N–H and O–H groups in total. The molecular formula is C2H5NP+. The number of hydrogen-bond acceptors (Lipinski definition) is 1. The van der Waals surface area contributed by atoms with Gasteiger partial charge in [0.15, 0.2) is 9.03 Å². The molecule has 0 radical (unpaired) electrons. The van der Waals surface area contributed by atoms with E-state index in [1.807, 2.05) is 0 Å². The minimum atomic E-state index is 1.46. The summed E-state index contributed by atoms with van der Waals surface area (Å²) in [5.74, 6) is 0. The lowest BCUT2D eigenvalue weighted by atomic mass is 11.1. The molecule has 4 heavy (non-hydrogen) atoms. The average molecular weight is 74.0 g/mol. The molecule has 0 heterocycles. The van der Waals surface area contributed by atoms with E-state index in [2.05, 4.69) is 20.4 Å². The molecule has 22 valence electrons. The van der Waals surface area contributed by atoms with Crippen molar-refractivity contribution in [2.24, 2.45) is 4.74 Å². The number of rotatable bonds is 1. The summed E-state index contributed by atoms with van der Waals surface area (Å²) < 4.78 is 3.42. The van der Waals surface area contributed by atoms with Crippen LogP contribution in [0.3, 0.4) is 0 Å². The van der Waals surface area contributed by atoms with Crippen molar-refractivity contribution in [2.45, 2.75) is 0 Å². The zero-order valence-corrected chi connectivity index (χ0v) is 3.46. The summed E-state index contributed by atoms with van der Waals surface area (Å²) in [6, 6.07) is 0. The fourth-order valence-corrected chi connectivity index (χ4v) is 0. The third-order valence-corrected chi connectivity index (χ3v) is 0.316. The Bertz CT molecular complexity index is 27.0. The standard InChI is InChI=1S/C2H4NP/c1-2-3-4/h2,4H,1H2/p+1. The molecule has 0 saturated heterocycles. The predicted molar refractivity (Wildman–Crippen MR) is 22.3 cm³/mol. The fourth-order valence-electron chi connectivity index (χ4n) is 0. The van der Waals surface area contributed by atoms with E-state index in [-0.39, 0.29) is 0 Å². The lowest BCUT2D eigenvalue weighted by Crippen LogP contribution is -1.15. The van der Waals surface area contributed by atoms with Gasteiger partial charge in [-0.3, -0.25) is 0 Å². The highest BCUT2D eigenvalue weighted by Crippen LogP contribution is 1.66. The van der Waals surface area contributed by atoms with E-state index < -0.39 is 0 Å². The largest absolute Gasteiger partial charge is 0.177 e. The Kier molecular flexibility index (Phi) is 2.73. The van der Waals surface area contributed by atoms with Crippen LogP contribution in [-0.4, -0.2) is 0 Å². The summed E-state index contributed by atoms with van der Waals surface area (Å²) >= 11 is 0. The zero-order chi connectivity index (χ0) is 3.41. The predicted octanol–water partition coefficient (Wildman–Crippen LogP) is 1.19. The molecule has 0 fully saturated rings. The molecule has 2 heteroatoms. The van der Waals surface area contributed by atoms with Gasteiger partial charge in [-0.15, -0.1) is 0 Å². The third-order valence-electron chi connectivity index (χ3n) is 0.105. The van der Waals surface area contributed by atoms with Crippen molar-refractivity contribution >= 4 is 9.03 Å². The summed E-state index contributed by atoms with van der Waals surface area (Å²) in [7, 11) is 2.16. The minimum absolute atomic E-state index is 1.46. The molecule has 0 rings (SSSR count). The Hall–Kier alpha value is -0.160. The first-order valence-corrected chi connectivity index (χ1v) is 1.44. The van der Waals surface area contributed by atoms with Crippen LogP contribution in [-0.2, 0) is 0 Å². The van der Waals surface area contributed by atoms with Crippen molar-refractivity contribution in [3.63, 3.8) is 0 Å². The molecule has 0 aliphatic carbocycles. The molecule has 0 aromatic heterocycles. The third kappa shape index (κ3) is 1.84. The molecule has 0 aromatic rings. The van der Waals surface area contributed by atoms with Gasteiger partial charge in [0.2, 0.25) is 0 Å². The first kappa shape index (κ1) is 3.84. The van der Waals surface area contributed by atoms with Crippen LogP contribution in [0.5, 0.6) is 0 Å². The van der Waals surface area contributed by atoms with Crippen molar-refractivity contribution in [3.8, 4) is 0 Å². The van der Waals surface area contributed by atoms with Gasteiger partial charge in [0, 0.05) is 0 Å². The molecule has 1 unspecified atom stereocenters. The Labute approximate surface area is 27.6 Å². The Morgan fingerprint density at radius 1 is 2.00 bits per heavy atom. The fraction of sp³-hybridized carbons (Fsp3) is 0. The Morgan fingerprint density at radius 3 is 2.25 bits per heavy atom. The second-order valence-electron chi connectivity index (χ2n) is 0.332. The van der Waals surface area contributed by atoms with E-state index in [0.717, 1.165) is 0 Å². The Balaban J connectivity index is 2.73. The van der Waals surface area contributed by atoms with Gasteiger partial charge in [0.25, 0.3) is 0 Å². The minimum Gasteiger partial charge on any atom is -0.0868 e. The molecule has 0 aliphatic rings. The number of nitrogens with zero attached hydrogens (tertiary/aromatic N) is 1. The van der Waals surface area contributed by atoms with Crippen LogP contribution in [0.4, 0.5) is 0 Å². The van der Waals surface area contributed by atoms with E-state index in [9.17, 15) is 0 Å². The average Bonchev–Trinajstić information content (AvgIpc) is 1.37. The van der Waals surface area contributed by atoms with Gasteiger partial charge in [-0.25, -0.2) is 0 Å². The highest BCUT2D eigenvalue weighted by molar-refractivity contribution is 7.04. The normalized spacial score (nSPS) is 5.00. The maximum Gasteiger partial charge on any atom is 0.177 e. The van der Waals surface area contributed by atoms with Gasteiger partial charge in [-0.2, -0.15) is 0 Å². The van der Waals surface area contributed by atoms with E-state index in [1.165, 1.54) is 6.20 Å². The van der Waals surface area contributed by atoms with E-state index in [0.29, 0.717) is 0 Å². The maximum atomic E-state index is 3.42. The highest BCUT2D eigenvalue weighted by Gasteiger charge is 1.37. The van der Waals surface area contributed by atoms with Crippen LogP contribution in [0.2, 0.25) is 0 Å². The zero-order valence-electron chi connectivity index (χ0n) is 2.31. The van der Waals surface area contributed by atoms with Gasteiger partial charge < -0.3 is 0 Å². The lowest BCUT2D eigenvalue weighted by Gasteiger charge is -1.37. The molecular weight excluding hydrogens is 69.0 g/mol. The second-order valence-corrected chi connectivity index (χ2v) is 0.630. The molecule has 0 bridgehead atoms. The molecule has 1 nitrogen and oxygen atoms in total. The lowest BCUT2D eigenvalue weighted by molar-refractivity contribution is 1.69. The second kappa shape index (κ2) is 2.84. The SMILES string of the molecule is C=CN=[PH2+]. The highest BCUT2D eigenvalue weighted by atomic mass is 31.0. The molecule has 0 aromatic carbocycles. The molecule has 0 saturated carbocycles. The van der Waals surface area contributed by atoms with Crippen LogP contribution in [0.25, 0.3) is 0 Å². The maximum absolute atomic E-state index is 3.42. The van der Waals surface area contributed by atoms with Crippen LogP contribution in [0.1, 0.15) is 0 Å². The molecule has 0 spiro atoms. The van der Waals surface area contributed by atoms with Crippen molar-refractivity contribution in [1.82, 2.24) is 0 Å². The first-order valence-electron chi connectivity index (χ1n) is 0.925. The number of hydrogen-bond donors (Lipinski definition) is 0. The van der Waals surface area contributed by atoms with Gasteiger partial charge in [-0.05, 0) is 0 Å². The first-order chi connectivity index (χ1) is 1.91. The molecule has 0 amide bonds. The quantitative estimate of drug-likeness (QED) is 0.414. The monoisotopic (exact) mass is 74.0 g/mol. The van der Waals surface area contributed by atoms with Gasteiger partial charge in [0.1, 0.15) is 0 Å². The summed E-state index contributed by atoms with van der Waals surface area (Å²) in [5.41, 5.74) is 0. The van der Waals surface area contributed by atoms with Crippen LogP contribution in [0, 0.1) is 0 Å². The summed E-state index contributed by atoms with van der Waals surface area (Å²) in [4.78, 5) is 0. The van der Waals surface area contributed by atoms with Gasteiger partial charge in [0.05, 0.1) is 6.20 Å². The Morgan fingerprint density at radius 2 is 2.25 bits per heavy atom. The van der Waals surface area contributed by atoms with Crippen molar-refractivity contribution in [2.75, 3.05) is 0 Å². The topological polar surface area (TPSA) is 12.4 Å². The summed E-state index contributed by atoms with van der Waals surface area (Å²) in [6.07, 6.45) is 1.46. The van der Waals surface area contributed by atoms with Crippen LogP contribution in [0.15, 0.2) is 17.5 Å². The summed E-state index contributed by atoms with van der Waals surface area (Å²) in [5, 5.41) is 0. The van der Waals surface area contributed by atoms with E-state index >= 15 is 0 Å². The van der Waals surface area contributed by atoms with Crippen LogP contribution >= 0.6 is 9.03 Å². The van der Waals surface area contributed by atoms with Gasteiger partial charge in [-0.1, -0.05) is 11.3 Å². The van der Waals surface area contributed by atoms with Crippen molar-refractivity contribution in [1.29, 1.82) is 0 Å². The summed E-state index contributed by atoms with van der Waals surface area (Å²) in [6.45, 7) is 3.29. The van der Waals surface area contributed by atoms with Crippen molar-refractivity contribution in [3.05, 3.63) is 12.8 Å². The smallest absolute Gasteiger partial charge is 0.0868 e. The van der Waals surface area contributed by atoms with Crippen molar-refractivity contribution < 1.29 is 0 Å². The van der Waals surface area contributed by atoms with Gasteiger partial charge >= 0.3 is 0 Å².